The molecule has 0 atom stereocenters. The van der Waals surface area contributed by atoms with Crippen molar-refractivity contribution in [3.05, 3.63) is 29.0 Å². The number of anilines is 1. The predicted molar refractivity (Wildman–Crippen MR) is 63.8 cm³/mol. The van der Waals surface area contributed by atoms with Gasteiger partial charge in [-0.05, 0) is 12.0 Å². The number of nitrogens with zero attached hydrogens (tertiary/aromatic N) is 2. The first-order valence-electron chi connectivity index (χ1n) is 4.98. The normalized spacial score (nSPS) is 11.3. The van der Waals surface area contributed by atoms with Crippen molar-refractivity contribution in [1.29, 1.82) is 0 Å². The molecular weight excluding hydrogens is 210 g/mol. The summed E-state index contributed by atoms with van der Waals surface area (Å²) in [6, 6.07) is 1.95. The Morgan fingerprint density at radius 3 is 2.80 bits per heavy atom. The van der Waals surface area contributed by atoms with Gasteiger partial charge in [-0.3, -0.25) is 0 Å². The highest BCUT2D eigenvalue weighted by molar-refractivity contribution is 6.33. The van der Waals surface area contributed by atoms with Crippen molar-refractivity contribution in [2.24, 2.45) is 0 Å². The summed E-state index contributed by atoms with van der Waals surface area (Å²) in [5, 5.41) is 8.07. The summed E-state index contributed by atoms with van der Waals surface area (Å²) in [6.45, 7) is 4.30. The quantitative estimate of drug-likeness (QED) is 0.848. The minimum absolute atomic E-state index is 0.457. The van der Waals surface area contributed by atoms with Gasteiger partial charge in [-0.2, -0.15) is 5.10 Å². The van der Waals surface area contributed by atoms with E-state index in [-0.39, 0.29) is 0 Å². The molecule has 0 bridgehead atoms. The fourth-order valence-corrected chi connectivity index (χ4v) is 1.89. The summed E-state index contributed by atoms with van der Waals surface area (Å²) in [6.07, 6.45) is 3.80. The van der Waals surface area contributed by atoms with Gasteiger partial charge in [0.1, 0.15) is 0 Å². The molecule has 0 aliphatic rings. The van der Waals surface area contributed by atoms with Crippen molar-refractivity contribution in [1.82, 2.24) is 9.61 Å². The van der Waals surface area contributed by atoms with Crippen molar-refractivity contribution in [2.45, 2.75) is 19.8 Å². The highest BCUT2D eigenvalue weighted by atomic mass is 35.5. The Hall–Kier alpha value is -1.22. The van der Waals surface area contributed by atoms with Crippen LogP contribution in [0.15, 0.2) is 18.5 Å². The summed E-state index contributed by atoms with van der Waals surface area (Å²) in [5.41, 5.74) is 3.19. The molecule has 0 radical (unpaired) electrons. The third kappa shape index (κ3) is 1.67. The van der Waals surface area contributed by atoms with Crippen molar-refractivity contribution in [3.8, 4) is 0 Å². The van der Waals surface area contributed by atoms with E-state index in [0.717, 1.165) is 16.2 Å². The van der Waals surface area contributed by atoms with E-state index in [2.05, 4.69) is 24.3 Å². The number of rotatable bonds is 2. The van der Waals surface area contributed by atoms with Gasteiger partial charge in [0, 0.05) is 12.6 Å². The predicted octanol–water partition coefficient (Wildman–Crippen LogP) is 3.15. The van der Waals surface area contributed by atoms with Gasteiger partial charge in [-0.1, -0.05) is 25.4 Å². The van der Waals surface area contributed by atoms with Gasteiger partial charge in [0.2, 0.25) is 0 Å². The molecule has 0 amide bonds. The SMILES string of the molecule is CNc1cn2ncc(C(C)C)c2cc1Cl. The summed E-state index contributed by atoms with van der Waals surface area (Å²) in [4.78, 5) is 0. The lowest BCUT2D eigenvalue weighted by Crippen LogP contribution is -1.95. The van der Waals surface area contributed by atoms with Crippen LogP contribution in [0.5, 0.6) is 0 Å². The zero-order valence-electron chi connectivity index (χ0n) is 9.08. The lowest BCUT2D eigenvalue weighted by Gasteiger charge is -2.06. The largest absolute Gasteiger partial charge is 0.386 e. The van der Waals surface area contributed by atoms with Crippen LogP contribution in [0, 0.1) is 0 Å². The third-order valence-corrected chi connectivity index (χ3v) is 2.84. The molecule has 2 aromatic rings. The van der Waals surface area contributed by atoms with Gasteiger partial charge in [-0.25, -0.2) is 4.52 Å². The lowest BCUT2D eigenvalue weighted by molar-refractivity contribution is 0.875. The Balaban J connectivity index is 2.68. The van der Waals surface area contributed by atoms with Crippen LogP contribution in [0.25, 0.3) is 5.52 Å². The number of nitrogens with one attached hydrogen (secondary N) is 1. The van der Waals surface area contributed by atoms with E-state index >= 15 is 0 Å². The molecule has 3 nitrogen and oxygen atoms in total. The molecule has 0 fully saturated rings. The van der Waals surface area contributed by atoms with Crippen LogP contribution < -0.4 is 5.32 Å². The molecule has 2 rings (SSSR count). The summed E-state index contributed by atoms with van der Waals surface area (Å²) in [5.74, 6) is 0.457. The number of fused-ring (bicyclic) bond motifs is 1. The molecule has 0 unspecified atom stereocenters. The molecule has 0 spiro atoms. The van der Waals surface area contributed by atoms with Crippen LogP contribution in [0.4, 0.5) is 5.69 Å². The van der Waals surface area contributed by atoms with E-state index in [1.807, 2.05) is 30.0 Å². The Morgan fingerprint density at radius 1 is 1.47 bits per heavy atom. The van der Waals surface area contributed by atoms with E-state index in [1.54, 1.807) is 0 Å². The van der Waals surface area contributed by atoms with Crippen molar-refractivity contribution in [3.63, 3.8) is 0 Å². The van der Waals surface area contributed by atoms with Crippen molar-refractivity contribution < 1.29 is 0 Å². The molecule has 0 aliphatic heterocycles. The molecule has 80 valence electrons. The fourth-order valence-electron chi connectivity index (χ4n) is 1.65. The second-order valence-electron chi connectivity index (χ2n) is 3.87. The first kappa shape index (κ1) is 10.3. The number of pyridine rings is 1. The monoisotopic (exact) mass is 223 g/mol. The fraction of sp³-hybridized carbons (Fsp3) is 0.364. The van der Waals surface area contributed by atoms with E-state index < -0.39 is 0 Å². The minimum atomic E-state index is 0.457. The number of hydrogen-bond acceptors (Lipinski definition) is 2. The van der Waals surface area contributed by atoms with Gasteiger partial charge in [-0.15, -0.1) is 0 Å². The highest BCUT2D eigenvalue weighted by Crippen LogP contribution is 2.27. The smallest absolute Gasteiger partial charge is 0.0714 e. The Labute approximate surface area is 94.1 Å². The number of hydrogen-bond donors (Lipinski definition) is 1. The molecule has 2 heterocycles. The highest BCUT2D eigenvalue weighted by Gasteiger charge is 2.10. The molecule has 0 aliphatic carbocycles. The molecule has 0 saturated heterocycles. The van der Waals surface area contributed by atoms with Gasteiger partial charge >= 0.3 is 0 Å². The molecule has 1 N–H and O–H groups in total. The third-order valence-electron chi connectivity index (χ3n) is 2.53. The lowest BCUT2D eigenvalue weighted by atomic mass is 10.1. The molecule has 2 aromatic heterocycles. The summed E-state index contributed by atoms with van der Waals surface area (Å²) >= 11 is 6.13. The summed E-state index contributed by atoms with van der Waals surface area (Å²) in [7, 11) is 1.85. The van der Waals surface area contributed by atoms with E-state index in [4.69, 9.17) is 11.6 Å². The maximum atomic E-state index is 6.13. The molecule has 15 heavy (non-hydrogen) atoms. The van der Waals surface area contributed by atoms with Crippen LogP contribution in [-0.4, -0.2) is 16.7 Å². The standard InChI is InChI=1S/C11H14ClN3/c1-7(2)8-5-14-15-6-10(13-3)9(12)4-11(8)15/h4-7,13H,1-3H3. The Kier molecular flexibility index (Phi) is 2.57. The summed E-state index contributed by atoms with van der Waals surface area (Å²) < 4.78 is 1.85. The van der Waals surface area contributed by atoms with Crippen LogP contribution in [-0.2, 0) is 0 Å². The van der Waals surface area contributed by atoms with Crippen molar-refractivity contribution in [2.75, 3.05) is 12.4 Å². The topological polar surface area (TPSA) is 29.3 Å². The van der Waals surface area contributed by atoms with Crippen molar-refractivity contribution >= 4 is 22.8 Å². The first-order chi connectivity index (χ1) is 7.13. The Bertz CT molecular complexity index is 488. The van der Waals surface area contributed by atoms with E-state index in [1.165, 1.54) is 5.56 Å². The van der Waals surface area contributed by atoms with Gasteiger partial charge in [0.05, 0.1) is 28.6 Å². The average Bonchev–Trinajstić information content (AvgIpc) is 2.59. The van der Waals surface area contributed by atoms with Gasteiger partial charge < -0.3 is 5.32 Å². The number of halogens is 1. The number of aromatic nitrogens is 2. The maximum absolute atomic E-state index is 6.13. The van der Waals surface area contributed by atoms with Crippen LogP contribution in [0.2, 0.25) is 5.02 Å². The maximum Gasteiger partial charge on any atom is 0.0714 e. The minimum Gasteiger partial charge on any atom is -0.386 e. The molecular formula is C11H14ClN3. The van der Waals surface area contributed by atoms with E-state index in [9.17, 15) is 0 Å². The molecule has 0 aromatic carbocycles. The van der Waals surface area contributed by atoms with E-state index in [0.29, 0.717) is 5.92 Å². The second-order valence-corrected chi connectivity index (χ2v) is 4.28. The van der Waals surface area contributed by atoms with Gasteiger partial charge in [0.15, 0.2) is 0 Å². The first-order valence-corrected chi connectivity index (χ1v) is 5.36. The average molecular weight is 224 g/mol. The zero-order valence-corrected chi connectivity index (χ0v) is 9.84. The second kappa shape index (κ2) is 3.74. The van der Waals surface area contributed by atoms with Gasteiger partial charge in [0.25, 0.3) is 0 Å². The Morgan fingerprint density at radius 2 is 2.20 bits per heavy atom. The van der Waals surface area contributed by atoms with Crippen LogP contribution in [0.3, 0.4) is 0 Å². The molecule has 0 saturated carbocycles. The molecule has 4 heteroatoms. The van der Waals surface area contributed by atoms with Crippen LogP contribution in [0.1, 0.15) is 25.3 Å². The van der Waals surface area contributed by atoms with Crippen LogP contribution >= 0.6 is 11.6 Å². The zero-order chi connectivity index (χ0) is 11.0.